The number of nitrogens with zero attached hydrogens (tertiary/aromatic N) is 2. The summed E-state index contributed by atoms with van der Waals surface area (Å²) in [6, 6.07) is 13.2. The summed E-state index contributed by atoms with van der Waals surface area (Å²) in [5.74, 6) is 0.127. The molecule has 2 saturated heterocycles. The molecule has 1 N–H and O–H groups in total. The Kier molecular flexibility index (Phi) is 7.71. The van der Waals surface area contributed by atoms with Crippen LogP contribution in [0.4, 0.5) is 5.69 Å². The van der Waals surface area contributed by atoms with Gasteiger partial charge < -0.3 is 10.2 Å². The van der Waals surface area contributed by atoms with Gasteiger partial charge in [0.2, 0.25) is 11.8 Å². The molecule has 2 aliphatic heterocycles. The third-order valence-corrected chi connectivity index (χ3v) is 7.06. The van der Waals surface area contributed by atoms with Crippen LogP contribution in [0.5, 0.6) is 0 Å². The second-order valence-corrected chi connectivity index (χ2v) is 9.54. The van der Waals surface area contributed by atoms with Gasteiger partial charge in [0.1, 0.15) is 0 Å². The Morgan fingerprint density at radius 2 is 1.62 bits per heavy atom. The van der Waals surface area contributed by atoms with Crippen LogP contribution in [0, 0.1) is 5.92 Å². The first-order valence-corrected chi connectivity index (χ1v) is 12.1. The topological polar surface area (TPSA) is 52.7 Å². The molecule has 0 radical (unpaired) electrons. The third kappa shape index (κ3) is 5.83. The molecule has 0 saturated carbocycles. The van der Waals surface area contributed by atoms with Crippen molar-refractivity contribution in [2.24, 2.45) is 5.92 Å². The van der Waals surface area contributed by atoms with E-state index in [0.29, 0.717) is 29.6 Å². The largest absolute Gasteiger partial charge is 0.342 e. The normalized spacial score (nSPS) is 19.2. The summed E-state index contributed by atoms with van der Waals surface area (Å²) in [4.78, 5) is 29.4. The minimum Gasteiger partial charge on any atom is -0.342 e. The number of halogens is 2. The number of anilines is 1. The lowest BCUT2D eigenvalue weighted by molar-refractivity contribution is -0.129. The summed E-state index contributed by atoms with van der Waals surface area (Å²) in [6.45, 7) is 3.98. The lowest BCUT2D eigenvalue weighted by Crippen LogP contribution is -2.40. The first-order chi connectivity index (χ1) is 15.5. The van der Waals surface area contributed by atoms with Crippen molar-refractivity contribution >= 4 is 40.7 Å². The number of amides is 2. The van der Waals surface area contributed by atoms with E-state index in [4.69, 9.17) is 23.2 Å². The van der Waals surface area contributed by atoms with Crippen molar-refractivity contribution in [2.45, 2.75) is 38.6 Å². The lowest BCUT2D eigenvalue weighted by Gasteiger charge is -2.32. The second kappa shape index (κ2) is 10.7. The van der Waals surface area contributed by atoms with E-state index in [2.05, 4.69) is 10.2 Å². The lowest BCUT2D eigenvalue weighted by atomic mass is 9.96. The third-order valence-electron chi connectivity index (χ3n) is 6.36. The maximum Gasteiger partial charge on any atom is 0.228 e. The Labute approximate surface area is 199 Å². The summed E-state index contributed by atoms with van der Waals surface area (Å²) in [6.07, 6.45) is 4.43. The summed E-state index contributed by atoms with van der Waals surface area (Å²) < 4.78 is 0. The van der Waals surface area contributed by atoms with Crippen LogP contribution in [0.15, 0.2) is 42.5 Å². The molecule has 0 unspecified atom stereocenters. The molecule has 2 aromatic rings. The molecule has 2 aromatic carbocycles. The number of nitrogens with one attached hydrogen (secondary N) is 1. The molecule has 7 heteroatoms. The van der Waals surface area contributed by atoms with Crippen molar-refractivity contribution in [3.8, 4) is 0 Å². The van der Waals surface area contributed by atoms with Gasteiger partial charge in [0, 0.05) is 47.5 Å². The maximum atomic E-state index is 12.9. The Bertz CT molecular complexity index is 938. The van der Waals surface area contributed by atoms with Gasteiger partial charge in [-0.2, -0.15) is 0 Å². The zero-order chi connectivity index (χ0) is 22.5. The molecule has 2 amide bonds. The highest BCUT2D eigenvalue weighted by Crippen LogP contribution is 2.28. The Morgan fingerprint density at radius 3 is 2.31 bits per heavy atom. The molecular weight excluding hydrogens is 445 g/mol. The average molecular weight is 474 g/mol. The van der Waals surface area contributed by atoms with Crippen molar-refractivity contribution in [2.75, 3.05) is 31.5 Å². The van der Waals surface area contributed by atoms with E-state index >= 15 is 0 Å². The highest BCUT2D eigenvalue weighted by atomic mass is 35.5. The molecule has 4 rings (SSSR count). The average Bonchev–Trinajstić information content (AvgIpc) is 3.33. The van der Waals surface area contributed by atoms with E-state index in [1.54, 1.807) is 0 Å². The van der Waals surface area contributed by atoms with E-state index in [9.17, 15) is 9.59 Å². The van der Waals surface area contributed by atoms with E-state index in [-0.39, 0.29) is 17.7 Å². The zero-order valence-corrected chi connectivity index (χ0v) is 19.7. The van der Waals surface area contributed by atoms with Crippen molar-refractivity contribution in [3.63, 3.8) is 0 Å². The van der Waals surface area contributed by atoms with Crippen molar-refractivity contribution in [1.82, 2.24) is 9.80 Å². The molecule has 2 heterocycles. The monoisotopic (exact) mass is 473 g/mol. The zero-order valence-electron chi connectivity index (χ0n) is 18.2. The summed E-state index contributed by atoms with van der Waals surface area (Å²) >= 11 is 12.6. The maximum absolute atomic E-state index is 12.9. The quantitative estimate of drug-likeness (QED) is 0.641. The highest BCUT2D eigenvalue weighted by Gasteiger charge is 2.27. The number of hydrogen-bond donors (Lipinski definition) is 1. The molecule has 32 heavy (non-hydrogen) atoms. The number of likely N-dealkylation sites (tertiary alicyclic amines) is 2. The Morgan fingerprint density at radius 1 is 0.938 bits per heavy atom. The van der Waals surface area contributed by atoms with Crippen LogP contribution >= 0.6 is 23.2 Å². The van der Waals surface area contributed by atoms with Crippen molar-refractivity contribution in [1.29, 1.82) is 0 Å². The van der Waals surface area contributed by atoms with Gasteiger partial charge in [-0.05, 0) is 62.1 Å². The standard InChI is InChI=1S/C25H29Cl2N3O2/c26-22-6-3-7-23(27)21(22)17-29-12-4-5-19(16-29)25(32)28-20-10-8-18(9-11-20)15-24(31)30-13-1-2-14-30/h3,6-11,19H,1-2,4-5,12-17H2,(H,28,32)/t19-/m1/s1. The molecule has 170 valence electrons. The number of carbonyl (C=O) groups is 2. The van der Waals surface area contributed by atoms with E-state index in [1.807, 2.05) is 47.4 Å². The SMILES string of the molecule is O=C(Nc1ccc(CC(=O)N2CCCC2)cc1)[C@@H]1CCCN(Cc2c(Cl)cccc2Cl)C1. The van der Waals surface area contributed by atoms with E-state index in [1.165, 1.54) is 0 Å². The molecule has 0 spiro atoms. The van der Waals surface area contributed by atoms with Crippen LogP contribution in [0.2, 0.25) is 10.0 Å². The molecule has 0 bridgehead atoms. The van der Waals surface area contributed by atoms with Gasteiger partial charge in [-0.15, -0.1) is 0 Å². The summed E-state index contributed by atoms with van der Waals surface area (Å²) in [5.41, 5.74) is 2.65. The van der Waals surface area contributed by atoms with E-state index in [0.717, 1.165) is 62.1 Å². The number of rotatable bonds is 6. The second-order valence-electron chi connectivity index (χ2n) is 8.73. The number of benzene rings is 2. The smallest absolute Gasteiger partial charge is 0.228 e. The first kappa shape index (κ1) is 23.1. The molecule has 2 aliphatic rings. The van der Waals surface area contributed by atoms with Crippen LogP contribution in [0.3, 0.4) is 0 Å². The van der Waals surface area contributed by atoms with Crippen LogP contribution < -0.4 is 5.32 Å². The van der Waals surface area contributed by atoms with Gasteiger partial charge in [-0.3, -0.25) is 14.5 Å². The van der Waals surface area contributed by atoms with E-state index < -0.39 is 0 Å². The van der Waals surface area contributed by atoms with Crippen molar-refractivity contribution < 1.29 is 9.59 Å². The molecule has 0 aliphatic carbocycles. The Balaban J connectivity index is 1.30. The minimum absolute atomic E-state index is 0.0286. The van der Waals surface area contributed by atoms with Gasteiger partial charge in [0.05, 0.1) is 12.3 Å². The van der Waals surface area contributed by atoms with Gasteiger partial charge in [0.15, 0.2) is 0 Å². The molecule has 0 aromatic heterocycles. The fraction of sp³-hybridized carbons (Fsp3) is 0.440. The van der Waals surface area contributed by atoms with Crippen LogP contribution in [0.25, 0.3) is 0 Å². The summed E-state index contributed by atoms with van der Waals surface area (Å²) in [5, 5.41) is 4.36. The fourth-order valence-electron chi connectivity index (χ4n) is 4.52. The fourth-order valence-corrected chi connectivity index (χ4v) is 5.04. The molecule has 2 fully saturated rings. The Hall–Kier alpha value is -2.08. The number of hydrogen-bond acceptors (Lipinski definition) is 3. The minimum atomic E-state index is -0.0820. The van der Waals surface area contributed by atoms with Crippen LogP contribution in [-0.4, -0.2) is 47.8 Å². The van der Waals surface area contributed by atoms with Crippen LogP contribution in [-0.2, 0) is 22.6 Å². The number of piperidine rings is 1. The van der Waals surface area contributed by atoms with Gasteiger partial charge in [-0.1, -0.05) is 41.4 Å². The van der Waals surface area contributed by atoms with Gasteiger partial charge >= 0.3 is 0 Å². The number of carbonyl (C=O) groups excluding carboxylic acids is 2. The van der Waals surface area contributed by atoms with Crippen molar-refractivity contribution in [3.05, 3.63) is 63.6 Å². The molecule has 5 nitrogen and oxygen atoms in total. The molecule has 1 atom stereocenters. The van der Waals surface area contributed by atoms with Gasteiger partial charge in [0.25, 0.3) is 0 Å². The van der Waals surface area contributed by atoms with Crippen LogP contribution in [0.1, 0.15) is 36.8 Å². The first-order valence-electron chi connectivity index (χ1n) is 11.3. The predicted molar refractivity (Wildman–Crippen MR) is 129 cm³/mol. The molecular formula is C25H29Cl2N3O2. The predicted octanol–water partition coefficient (Wildman–Crippen LogP) is 5.01. The summed E-state index contributed by atoms with van der Waals surface area (Å²) in [7, 11) is 0. The van der Waals surface area contributed by atoms with Gasteiger partial charge in [-0.25, -0.2) is 0 Å². The highest BCUT2D eigenvalue weighted by molar-refractivity contribution is 6.35.